The Morgan fingerprint density at radius 1 is 1.23 bits per heavy atom. The fourth-order valence-electron chi connectivity index (χ4n) is 1.04. The number of H-pyrrole nitrogens is 2. The van der Waals surface area contributed by atoms with Crippen LogP contribution in [0.25, 0.3) is 11.3 Å². The summed E-state index contributed by atoms with van der Waals surface area (Å²) in [7, 11) is 0. The van der Waals surface area contributed by atoms with Gasteiger partial charge in [0, 0.05) is 17.0 Å². The van der Waals surface area contributed by atoms with Crippen LogP contribution in [-0.2, 0) is 0 Å². The normalized spacial score (nSPS) is 10.2. The van der Waals surface area contributed by atoms with E-state index in [2.05, 4.69) is 9.97 Å². The Labute approximate surface area is 76.9 Å². The summed E-state index contributed by atoms with van der Waals surface area (Å²) < 4.78 is 0. The summed E-state index contributed by atoms with van der Waals surface area (Å²) in [6.45, 7) is 0. The van der Waals surface area contributed by atoms with E-state index in [1.54, 1.807) is 0 Å². The molecular weight excluding hydrogens is 188 g/mol. The molecule has 2 aromatic heterocycles. The molecule has 0 spiro atoms. The first kappa shape index (κ1) is 8.00. The molecule has 0 fully saturated rings. The van der Waals surface area contributed by atoms with E-state index in [0.29, 0.717) is 5.69 Å². The molecule has 13 heavy (non-hydrogen) atoms. The first-order chi connectivity index (χ1) is 6.25. The average molecular weight is 194 g/mol. The second kappa shape index (κ2) is 3.02. The topological polar surface area (TPSA) is 65.7 Å². The fraction of sp³-hybridized carbons (Fsp3) is 0. The average Bonchev–Trinajstić information content (AvgIpc) is 2.53. The number of rotatable bonds is 1. The highest BCUT2D eigenvalue weighted by Gasteiger charge is 1.99. The summed E-state index contributed by atoms with van der Waals surface area (Å²) in [6, 6.07) is 3.21. The van der Waals surface area contributed by atoms with Gasteiger partial charge < -0.3 is 4.98 Å². The maximum Gasteiger partial charge on any atom is 0.326 e. The van der Waals surface area contributed by atoms with Gasteiger partial charge >= 0.3 is 5.69 Å². The summed E-state index contributed by atoms with van der Waals surface area (Å²) in [4.78, 5) is 26.5. The zero-order valence-electron chi connectivity index (χ0n) is 6.53. The Bertz CT molecular complexity index is 481. The zero-order valence-corrected chi connectivity index (χ0v) is 7.35. The third-order valence-corrected chi connectivity index (χ3v) is 2.28. The van der Waals surface area contributed by atoms with E-state index < -0.39 is 5.69 Å². The van der Waals surface area contributed by atoms with Crippen molar-refractivity contribution in [1.82, 2.24) is 9.97 Å². The maximum absolute atomic E-state index is 10.9. The van der Waals surface area contributed by atoms with Crippen molar-refractivity contribution in [3.05, 3.63) is 43.7 Å². The Balaban J connectivity index is 2.66. The second-order valence-corrected chi connectivity index (χ2v) is 3.29. The Kier molecular flexibility index (Phi) is 1.86. The third kappa shape index (κ3) is 1.59. The minimum atomic E-state index is -0.478. The number of thiophene rings is 1. The van der Waals surface area contributed by atoms with Crippen molar-refractivity contribution in [2.24, 2.45) is 0 Å². The molecule has 2 aromatic rings. The summed E-state index contributed by atoms with van der Waals surface area (Å²) in [6.07, 6.45) is 0. The van der Waals surface area contributed by atoms with Gasteiger partial charge in [-0.1, -0.05) is 0 Å². The van der Waals surface area contributed by atoms with Gasteiger partial charge in [-0.25, -0.2) is 4.79 Å². The van der Waals surface area contributed by atoms with E-state index in [1.165, 1.54) is 17.4 Å². The van der Waals surface area contributed by atoms with Gasteiger partial charge in [0.1, 0.15) is 0 Å². The van der Waals surface area contributed by atoms with Gasteiger partial charge in [-0.15, -0.1) is 0 Å². The molecule has 2 rings (SSSR count). The lowest BCUT2D eigenvalue weighted by Crippen LogP contribution is -2.21. The highest BCUT2D eigenvalue weighted by atomic mass is 32.1. The fourth-order valence-corrected chi connectivity index (χ4v) is 1.70. The first-order valence-corrected chi connectivity index (χ1v) is 4.56. The summed E-state index contributed by atoms with van der Waals surface area (Å²) >= 11 is 1.51. The van der Waals surface area contributed by atoms with Crippen LogP contribution >= 0.6 is 11.3 Å². The second-order valence-electron chi connectivity index (χ2n) is 2.51. The van der Waals surface area contributed by atoms with Crippen molar-refractivity contribution in [3.8, 4) is 11.3 Å². The van der Waals surface area contributed by atoms with E-state index in [-0.39, 0.29) is 5.56 Å². The molecular formula is C8H6N2O2S. The number of nitrogens with one attached hydrogen (secondary N) is 2. The van der Waals surface area contributed by atoms with Crippen molar-refractivity contribution >= 4 is 11.3 Å². The van der Waals surface area contributed by atoms with Crippen molar-refractivity contribution in [1.29, 1.82) is 0 Å². The quantitative estimate of drug-likeness (QED) is 0.704. The van der Waals surface area contributed by atoms with Gasteiger partial charge in [-0.3, -0.25) is 9.78 Å². The summed E-state index contributed by atoms with van der Waals surface area (Å²) in [5.74, 6) is 0. The van der Waals surface area contributed by atoms with Crippen LogP contribution in [0.5, 0.6) is 0 Å². The van der Waals surface area contributed by atoms with E-state index >= 15 is 0 Å². The van der Waals surface area contributed by atoms with Crippen molar-refractivity contribution in [2.45, 2.75) is 0 Å². The van der Waals surface area contributed by atoms with Crippen molar-refractivity contribution in [2.75, 3.05) is 0 Å². The van der Waals surface area contributed by atoms with Crippen LogP contribution in [-0.4, -0.2) is 9.97 Å². The predicted molar refractivity (Wildman–Crippen MR) is 51.0 cm³/mol. The molecule has 0 atom stereocenters. The lowest BCUT2D eigenvalue weighted by atomic mass is 10.2. The molecule has 0 aliphatic heterocycles. The minimum absolute atomic E-state index is 0.384. The Hall–Kier alpha value is -1.62. The molecule has 0 saturated carbocycles. The van der Waals surface area contributed by atoms with Crippen molar-refractivity contribution < 1.29 is 0 Å². The highest BCUT2D eigenvalue weighted by molar-refractivity contribution is 7.08. The molecule has 0 amide bonds. The molecule has 2 N–H and O–H groups in total. The van der Waals surface area contributed by atoms with Crippen LogP contribution in [0.3, 0.4) is 0 Å². The lowest BCUT2D eigenvalue weighted by Gasteiger charge is -1.94. The van der Waals surface area contributed by atoms with E-state index in [1.807, 2.05) is 16.8 Å². The lowest BCUT2D eigenvalue weighted by molar-refractivity contribution is 1.04. The van der Waals surface area contributed by atoms with Crippen LogP contribution in [0.15, 0.2) is 32.5 Å². The Morgan fingerprint density at radius 3 is 2.69 bits per heavy atom. The molecule has 0 aliphatic rings. The number of aromatic amines is 2. The van der Waals surface area contributed by atoms with E-state index in [9.17, 15) is 9.59 Å². The van der Waals surface area contributed by atoms with Gasteiger partial charge in [-0.2, -0.15) is 11.3 Å². The number of hydrogen-bond acceptors (Lipinski definition) is 3. The van der Waals surface area contributed by atoms with Gasteiger partial charge in [-0.05, 0) is 11.4 Å². The molecule has 4 nitrogen and oxygen atoms in total. The van der Waals surface area contributed by atoms with Gasteiger partial charge in [0.15, 0.2) is 0 Å². The molecule has 0 unspecified atom stereocenters. The van der Waals surface area contributed by atoms with Crippen LogP contribution in [0.1, 0.15) is 0 Å². The first-order valence-electron chi connectivity index (χ1n) is 3.62. The van der Waals surface area contributed by atoms with Crippen LogP contribution < -0.4 is 11.2 Å². The molecule has 2 heterocycles. The van der Waals surface area contributed by atoms with E-state index in [4.69, 9.17) is 0 Å². The highest BCUT2D eigenvalue weighted by Crippen LogP contribution is 2.16. The van der Waals surface area contributed by atoms with Crippen molar-refractivity contribution in [3.63, 3.8) is 0 Å². The minimum Gasteiger partial charge on any atom is -0.307 e. The largest absolute Gasteiger partial charge is 0.326 e. The summed E-state index contributed by atoms with van der Waals surface area (Å²) in [5, 5.41) is 3.75. The number of hydrogen-bond donors (Lipinski definition) is 2. The smallest absolute Gasteiger partial charge is 0.307 e. The molecule has 0 aliphatic carbocycles. The molecule has 66 valence electrons. The molecule has 0 aromatic carbocycles. The molecule has 5 heteroatoms. The van der Waals surface area contributed by atoms with Gasteiger partial charge in [0.2, 0.25) is 0 Å². The molecule has 0 saturated heterocycles. The zero-order chi connectivity index (χ0) is 9.26. The van der Waals surface area contributed by atoms with Crippen LogP contribution in [0.2, 0.25) is 0 Å². The van der Waals surface area contributed by atoms with Gasteiger partial charge in [0.05, 0.1) is 5.69 Å². The maximum atomic E-state index is 10.9. The predicted octanol–water partition coefficient (Wildman–Crippen LogP) is 0.792. The summed E-state index contributed by atoms with van der Waals surface area (Å²) in [5.41, 5.74) is 0.543. The third-order valence-electron chi connectivity index (χ3n) is 1.59. The number of aromatic nitrogens is 2. The monoisotopic (exact) mass is 194 g/mol. The van der Waals surface area contributed by atoms with E-state index in [0.717, 1.165) is 5.56 Å². The van der Waals surface area contributed by atoms with Crippen LogP contribution in [0.4, 0.5) is 0 Å². The SMILES string of the molecule is O=c1cc(-c2ccsc2)[nH]c(=O)[nH]1. The molecule has 0 bridgehead atoms. The standard InChI is InChI=1S/C8H6N2O2S/c11-7-3-6(9-8(12)10-7)5-1-2-13-4-5/h1-4H,(H2,9,10,11,12). The van der Waals surface area contributed by atoms with Crippen LogP contribution in [0, 0.1) is 0 Å². The molecule has 0 radical (unpaired) electrons. The van der Waals surface area contributed by atoms with Gasteiger partial charge in [0.25, 0.3) is 5.56 Å². The Morgan fingerprint density at radius 2 is 2.08 bits per heavy atom.